The van der Waals surface area contributed by atoms with Gasteiger partial charge in [0.15, 0.2) is 0 Å². The molecule has 0 aliphatic heterocycles. The van der Waals surface area contributed by atoms with Crippen LogP contribution in [-0.4, -0.2) is 33.9 Å². The third-order valence-electron chi connectivity index (χ3n) is 4.40. The molecule has 5 nitrogen and oxygen atoms in total. The maximum absolute atomic E-state index is 12.7. The van der Waals surface area contributed by atoms with Crippen LogP contribution in [0.3, 0.4) is 0 Å². The zero-order chi connectivity index (χ0) is 19.8. The zero-order valence-corrected chi connectivity index (χ0v) is 16.1. The summed E-state index contributed by atoms with van der Waals surface area (Å²) in [4.78, 5) is 36.2. The second-order valence-electron chi connectivity index (χ2n) is 6.34. The lowest BCUT2D eigenvalue weighted by Crippen LogP contribution is -2.43. The second-order valence-corrected chi connectivity index (χ2v) is 7.33. The van der Waals surface area contributed by atoms with Crippen LogP contribution in [0.1, 0.15) is 35.7 Å². The standard InChI is InChI=1S/C21H23NO4S/c1-14(16-9-5-3-6-10-16)18(19(23)22-15(2)20(24)25)13-27-21(26)17-11-7-4-8-12-17/h3-12,14-15,18H,13H2,1-2H3,(H,22,23)(H,24,25)/t14?,15-,18-/m0/s1. The third kappa shape index (κ3) is 5.96. The van der Waals surface area contributed by atoms with Crippen molar-refractivity contribution in [2.45, 2.75) is 25.8 Å². The van der Waals surface area contributed by atoms with Crippen LogP contribution < -0.4 is 5.32 Å². The highest BCUT2D eigenvalue weighted by atomic mass is 32.2. The quantitative estimate of drug-likeness (QED) is 0.726. The maximum Gasteiger partial charge on any atom is 0.325 e. The highest BCUT2D eigenvalue weighted by Gasteiger charge is 2.29. The number of amides is 1. The summed E-state index contributed by atoms with van der Waals surface area (Å²) in [7, 11) is 0. The summed E-state index contributed by atoms with van der Waals surface area (Å²) in [5.74, 6) is -1.89. The average Bonchev–Trinajstić information content (AvgIpc) is 2.69. The molecule has 142 valence electrons. The molecule has 2 aromatic carbocycles. The molecule has 1 unspecified atom stereocenters. The Bertz CT molecular complexity index is 779. The van der Waals surface area contributed by atoms with Gasteiger partial charge in [-0.2, -0.15) is 0 Å². The van der Waals surface area contributed by atoms with Gasteiger partial charge in [-0.3, -0.25) is 14.4 Å². The first-order valence-corrected chi connectivity index (χ1v) is 9.69. The minimum atomic E-state index is -1.09. The molecule has 0 aromatic heterocycles. The minimum Gasteiger partial charge on any atom is -0.480 e. The summed E-state index contributed by atoms with van der Waals surface area (Å²) < 4.78 is 0. The van der Waals surface area contributed by atoms with Crippen molar-refractivity contribution in [2.75, 3.05) is 5.75 Å². The van der Waals surface area contributed by atoms with Gasteiger partial charge in [0.2, 0.25) is 11.0 Å². The third-order valence-corrected chi connectivity index (χ3v) is 5.42. The summed E-state index contributed by atoms with van der Waals surface area (Å²) in [6.45, 7) is 3.34. The van der Waals surface area contributed by atoms with Gasteiger partial charge in [-0.25, -0.2) is 0 Å². The van der Waals surface area contributed by atoms with E-state index in [1.807, 2.05) is 43.3 Å². The van der Waals surface area contributed by atoms with E-state index in [9.17, 15) is 14.4 Å². The molecular weight excluding hydrogens is 362 g/mol. The van der Waals surface area contributed by atoms with E-state index in [2.05, 4.69) is 5.32 Å². The van der Waals surface area contributed by atoms with Gasteiger partial charge >= 0.3 is 5.97 Å². The Morgan fingerprint density at radius 2 is 1.52 bits per heavy atom. The molecule has 3 atom stereocenters. The van der Waals surface area contributed by atoms with Crippen LogP contribution in [0.25, 0.3) is 0 Å². The number of benzene rings is 2. The lowest BCUT2D eigenvalue weighted by atomic mass is 9.88. The smallest absolute Gasteiger partial charge is 0.325 e. The number of rotatable bonds is 8. The molecule has 0 radical (unpaired) electrons. The molecule has 6 heteroatoms. The number of carbonyl (C=O) groups excluding carboxylic acids is 2. The van der Waals surface area contributed by atoms with Gasteiger partial charge in [0.05, 0.1) is 5.92 Å². The fourth-order valence-corrected chi connectivity index (χ4v) is 3.71. The first kappa shape index (κ1) is 20.7. The van der Waals surface area contributed by atoms with E-state index in [1.54, 1.807) is 24.3 Å². The number of hydrogen-bond acceptors (Lipinski definition) is 4. The first-order valence-electron chi connectivity index (χ1n) is 8.70. The Morgan fingerprint density at radius 1 is 0.963 bits per heavy atom. The summed E-state index contributed by atoms with van der Waals surface area (Å²) in [5.41, 5.74) is 1.54. The van der Waals surface area contributed by atoms with Gasteiger partial charge < -0.3 is 10.4 Å². The molecule has 2 aromatic rings. The van der Waals surface area contributed by atoms with E-state index < -0.39 is 17.9 Å². The Morgan fingerprint density at radius 3 is 2.07 bits per heavy atom. The second kappa shape index (κ2) is 9.92. The van der Waals surface area contributed by atoms with Crippen molar-refractivity contribution in [3.05, 3.63) is 71.8 Å². The molecule has 0 bridgehead atoms. The van der Waals surface area contributed by atoms with E-state index in [-0.39, 0.29) is 22.7 Å². The lowest BCUT2D eigenvalue weighted by Gasteiger charge is -2.24. The van der Waals surface area contributed by atoms with Gasteiger partial charge in [-0.1, -0.05) is 79.3 Å². The van der Waals surface area contributed by atoms with Crippen molar-refractivity contribution in [1.29, 1.82) is 0 Å². The predicted molar refractivity (Wildman–Crippen MR) is 107 cm³/mol. The van der Waals surface area contributed by atoms with E-state index in [0.717, 1.165) is 17.3 Å². The summed E-state index contributed by atoms with van der Waals surface area (Å²) in [5, 5.41) is 11.5. The van der Waals surface area contributed by atoms with Gasteiger partial charge in [0.1, 0.15) is 6.04 Å². The number of aliphatic carboxylic acids is 1. The Labute approximate surface area is 163 Å². The Balaban J connectivity index is 2.14. The fraction of sp³-hybridized carbons (Fsp3) is 0.286. The Hall–Kier alpha value is -2.60. The van der Waals surface area contributed by atoms with Crippen molar-refractivity contribution >= 4 is 28.8 Å². The van der Waals surface area contributed by atoms with Crippen LogP contribution in [0.2, 0.25) is 0 Å². The van der Waals surface area contributed by atoms with Crippen LogP contribution in [0.5, 0.6) is 0 Å². The first-order chi connectivity index (χ1) is 12.9. The predicted octanol–water partition coefficient (Wildman–Crippen LogP) is 3.57. The van der Waals surface area contributed by atoms with Crippen molar-refractivity contribution in [3.8, 4) is 0 Å². The molecule has 0 aliphatic rings. The number of carboxylic acids is 1. The van der Waals surface area contributed by atoms with E-state index >= 15 is 0 Å². The summed E-state index contributed by atoms with van der Waals surface area (Å²) >= 11 is 1.08. The number of nitrogens with one attached hydrogen (secondary N) is 1. The van der Waals surface area contributed by atoms with Crippen molar-refractivity contribution < 1.29 is 19.5 Å². The monoisotopic (exact) mass is 385 g/mol. The van der Waals surface area contributed by atoms with Crippen LogP contribution in [0.4, 0.5) is 0 Å². The normalized spacial score (nSPS) is 14.0. The van der Waals surface area contributed by atoms with Crippen molar-refractivity contribution in [1.82, 2.24) is 5.32 Å². The largest absolute Gasteiger partial charge is 0.480 e. The van der Waals surface area contributed by atoms with Crippen molar-refractivity contribution in [2.24, 2.45) is 5.92 Å². The summed E-state index contributed by atoms with van der Waals surface area (Å²) in [6, 6.07) is 17.4. The number of carboxylic acid groups (broad SMARTS) is 1. The number of hydrogen-bond donors (Lipinski definition) is 2. The molecule has 0 saturated heterocycles. The highest BCUT2D eigenvalue weighted by Crippen LogP contribution is 2.29. The maximum atomic E-state index is 12.7. The SMILES string of the molecule is CC(c1ccccc1)[C@H](CSC(=O)c1ccccc1)C(=O)N[C@@H](C)C(=O)O. The van der Waals surface area contributed by atoms with Gasteiger partial charge in [-0.05, 0) is 18.4 Å². The van der Waals surface area contributed by atoms with Crippen LogP contribution >= 0.6 is 11.8 Å². The molecule has 27 heavy (non-hydrogen) atoms. The molecule has 0 fully saturated rings. The van der Waals surface area contributed by atoms with Gasteiger partial charge in [0.25, 0.3) is 0 Å². The molecule has 1 amide bonds. The number of thioether (sulfide) groups is 1. The van der Waals surface area contributed by atoms with Gasteiger partial charge in [0, 0.05) is 11.3 Å². The fourth-order valence-electron chi connectivity index (χ4n) is 2.64. The summed E-state index contributed by atoms with van der Waals surface area (Å²) in [6.07, 6.45) is 0. The highest BCUT2D eigenvalue weighted by molar-refractivity contribution is 8.14. The minimum absolute atomic E-state index is 0.111. The molecule has 0 saturated carbocycles. The zero-order valence-electron chi connectivity index (χ0n) is 15.3. The molecule has 2 rings (SSSR count). The van der Waals surface area contributed by atoms with Gasteiger partial charge in [-0.15, -0.1) is 0 Å². The van der Waals surface area contributed by atoms with Crippen molar-refractivity contribution in [3.63, 3.8) is 0 Å². The van der Waals surface area contributed by atoms with E-state index in [0.29, 0.717) is 5.56 Å². The topological polar surface area (TPSA) is 83.5 Å². The van der Waals surface area contributed by atoms with E-state index in [1.165, 1.54) is 6.92 Å². The molecular formula is C21H23NO4S. The van der Waals surface area contributed by atoms with Crippen LogP contribution in [-0.2, 0) is 9.59 Å². The molecule has 2 N–H and O–H groups in total. The van der Waals surface area contributed by atoms with E-state index in [4.69, 9.17) is 5.11 Å². The average molecular weight is 385 g/mol. The van der Waals surface area contributed by atoms with Crippen LogP contribution in [0.15, 0.2) is 60.7 Å². The Kier molecular flexibility index (Phi) is 7.61. The van der Waals surface area contributed by atoms with Crippen LogP contribution in [0, 0.1) is 5.92 Å². The molecule has 0 heterocycles. The lowest BCUT2D eigenvalue weighted by molar-refractivity contribution is -0.141. The molecule has 0 spiro atoms. The number of carbonyl (C=O) groups is 3. The molecule has 0 aliphatic carbocycles.